The quantitative estimate of drug-likeness (QED) is 0.503. The normalized spacial score (nSPS) is 10.7. The molecule has 0 bridgehead atoms. The number of anilines is 1. The van der Waals surface area contributed by atoms with Crippen molar-refractivity contribution in [2.45, 2.75) is 27.1 Å². The minimum absolute atomic E-state index is 0.0183. The summed E-state index contributed by atoms with van der Waals surface area (Å²) in [5.74, 6) is 1.09. The molecule has 1 N–H and O–H groups in total. The van der Waals surface area contributed by atoms with E-state index < -0.39 is 12.5 Å². The van der Waals surface area contributed by atoms with Crippen LogP contribution >= 0.6 is 0 Å². The number of rotatable bonds is 9. The van der Waals surface area contributed by atoms with Crippen LogP contribution in [0.15, 0.2) is 59.0 Å². The van der Waals surface area contributed by atoms with Gasteiger partial charge in [0.05, 0.1) is 12.3 Å². The highest BCUT2D eigenvalue weighted by molar-refractivity contribution is 6.03. The van der Waals surface area contributed by atoms with Crippen molar-refractivity contribution in [1.29, 1.82) is 0 Å². The molecule has 3 rings (SSSR count). The molecule has 0 aliphatic rings. The zero-order chi connectivity index (χ0) is 21.5. The third kappa shape index (κ3) is 5.73. The zero-order valence-electron chi connectivity index (χ0n) is 16.5. The van der Waals surface area contributed by atoms with Crippen molar-refractivity contribution in [3.63, 3.8) is 0 Å². The lowest BCUT2D eigenvalue weighted by atomic mass is 10.2. The number of carbonyl (C=O) groups excluding carboxylic acids is 1. The molecule has 0 saturated carbocycles. The average Bonchev–Trinajstić information content (AvgIpc) is 3.19. The molecule has 0 atom stereocenters. The number of ether oxygens (including phenoxy) is 3. The molecule has 1 aromatic heterocycles. The van der Waals surface area contributed by atoms with Gasteiger partial charge >= 0.3 is 6.61 Å². The summed E-state index contributed by atoms with van der Waals surface area (Å²) in [6, 6.07) is 14.7. The highest BCUT2D eigenvalue weighted by Crippen LogP contribution is 2.28. The minimum Gasteiger partial charge on any atom is -0.494 e. The van der Waals surface area contributed by atoms with Gasteiger partial charge < -0.3 is 23.9 Å². The number of furan rings is 1. The van der Waals surface area contributed by atoms with E-state index in [0.29, 0.717) is 18.1 Å². The van der Waals surface area contributed by atoms with E-state index in [1.807, 2.05) is 6.92 Å². The first-order valence-electron chi connectivity index (χ1n) is 9.25. The Balaban J connectivity index is 1.62. The Morgan fingerprint density at radius 2 is 1.73 bits per heavy atom. The molecule has 8 heteroatoms. The molecule has 2 aromatic carbocycles. The van der Waals surface area contributed by atoms with Crippen molar-refractivity contribution in [1.82, 2.24) is 0 Å². The van der Waals surface area contributed by atoms with Crippen LogP contribution < -0.4 is 19.5 Å². The summed E-state index contributed by atoms with van der Waals surface area (Å²) in [7, 11) is 0. The molecule has 158 valence electrons. The summed E-state index contributed by atoms with van der Waals surface area (Å²) in [4.78, 5) is 12.4. The molecule has 3 aromatic rings. The molecule has 0 radical (unpaired) electrons. The number of alkyl halides is 2. The summed E-state index contributed by atoms with van der Waals surface area (Å²) in [5, 5.41) is 2.53. The van der Waals surface area contributed by atoms with Gasteiger partial charge in [0.2, 0.25) is 0 Å². The number of aryl methyl sites for hydroxylation is 1. The zero-order valence-corrected chi connectivity index (χ0v) is 16.5. The molecular weight excluding hydrogens is 396 g/mol. The van der Waals surface area contributed by atoms with Gasteiger partial charge in [-0.3, -0.25) is 4.79 Å². The predicted molar refractivity (Wildman–Crippen MR) is 106 cm³/mol. The van der Waals surface area contributed by atoms with Crippen LogP contribution in [0.5, 0.6) is 17.2 Å². The number of benzene rings is 2. The lowest BCUT2D eigenvalue weighted by Gasteiger charge is -2.12. The highest BCUT2D eigenvalue weighted by atomic mass is 19.3. The summed E-state index contributed by atoms with van der Waals surface area (Å²) in [6.45, 7) is 1.37. The maximum Gasteiger partial charge on any atom is 0.387 e. The van der Waals surface area contributed by atoms with Crippen molar-refractivity contribution in [2.24, 2.45) is 0 Å². The standard InChI is InChI=1S/C22H21F2NO5/c1-3-27-15-5-7-16(8-6-15)28-13-17-9-11-20(29-17)21(26)25-18-12-14(2)4-10-19(18)30-22(23)24/h4-12,22H,3,13H2,1-2H3,(H,25,26). The van der Waals surface area contributed by atoms with Crippen molar-refractivity contribution >= 4 is 11.6 Å². The molecule has 0 fully saturated rings. The van der Waals surface area contributed by atoms with Gasteiger partial charge in [-0.1, -0.05) is 6.07 Å². The Morgan fingerprint density at radius 1 is 1.03 bits per heavy atom. The average molecular weight is 417 g/mol. The summed E-state index contributed by atoms with van der Waals surface area (Å²) in [6.07, 6.45) is 0. The molecule has 30 heavy (non-hydrogen) atoms. The van der Waals surface area contributed by atoms with Crippen LogP contribution in [0.25, 0.3) is 0 Å². The Hall–Kier alpha value is -3.55. The van der Waals surface area contributed by atoms with E-state index in [9.17, 15) is 13.6 Å². The molecule has 6 nitrogen and oxygen atoms in total. The third-order valence-electron chi connectivity index (χ3n) is 4.00. The number of hydrogen-bond donors (Lipinski definition) is 1. The topological polar surface area (TPSA) is 69.9 Å². The molecule has 0 saturated heterocycles. The van der Waals surface area contributed by atoms with Gasteiger partial charge in [0, 0.05) is 0 Å². The second-order valence-electron chi connectivity index (χ2n) is 6.29. The Labute approximate surface area is 172 Å². The van der Waals surface area contributed by atoms with E-state index >= 15 is 0 Å². The SMILES string of the molecule is CCOc1ccc(OCc2ccc(C(=O)Nc3cc(C)ccc3OC(F)F)o2)cc1. The lowest BCUT2D eigenvalue weighted by molar-refractivity contribution is -0.0493. The molecule has 0 unspecified atom stereocenters. The van der Waals surface area contributed by atoms with Gasteiger partial charge in [-0.15, -0.1) is 0 Å². The van der Waals surface area contributed by atoms with E-state index in [1.54, 1.807) is 43.3 Å². The van der Waals surface area contributed by atoms with Gasteiger partial charge in [-0.25, -0.2) is 0 Å². The number of hydrogen-bond acceptors (Lipinski definition) is 5. The van der Waals surface area contributed by atoms with E-state index in [-0.39, 0.29) is 23.8 Å². The maximum absolute atomic E-state index is 12.6. The first-order chi connectivity index (χ1) is 14.4. The van der Waals surface area contributed by atoms with Gasteiger partial charge in [-0.2, -0.15) is 8.78 Å². The number of amides is 1. The van der Waals surface area contributed by atoms with Crippen molar-refractivity contribution in [3.8, 4) is 17.2 Å². The number of halogens is 2. The molecule has 1 heterocycles. The third-order valence-corrected chi connectivity index (χ3v) is 4.00. The van der Waals surface area contributed by atoms with Crippen molar-refractivity contribution < 1.29 is 32.2 Å². The fourth-order valence-corrected chi connectivity index (χ4v) is 2.65. The smallest absolute Gasteiger partial charge is 0.387 e. The maximum atomic E-state index is 12.6. The minimum atomic E-state index is -3.00. The van der Waals surface area contributed by atoms with Crippen LogP contribution in [-0.2, 0) is 6.61 Å². The fourth-order valence-electron chi connectivity index (χ4n) is 2.65. The van der Waals surface area contributed by atoms with Gasteiger partial charge in [-0.05, 0) is 67.9 Å². The lowest BCUT2D eigenvalue weighted by Crippen LogP contribution is -2.13. The molecule has 0 spiro atoms. The van der Waals surface area contributed by atoms with Gasteiger partial charge in [0.25, 0.3) is 5.91 Å². The van der Waals surface area contributed by atoms with E-state index in [1.165, 1.54) is 18.2 Å². The Kier molecular flexibility index (Phi) is 6.90. The van der Waals surface area contributed by atoms with Crippen LogP contribution in [0.2, 0.25) is 0 Å². The summed E-state index contributed by atoms with van der Waals surface area (Å²) < 4.78 is 46.1. The van der Waals surface area contributed by atoms with Crippen molar-refractivity contribution in [2.75, 3.05) is 11.9 Å². The van der Waals surface area contributed by atoms with Crippen LogP contribution in [0, 0.1) is 6.92 Å². The van der Waals surface area contributed by atoms with Gasteiger partial charge in [0.1, 0.15) is 29.6 Å². The molecular formula is C22H21F2NO5. The Bertz CT molecular complexity index is 985. The highest BCUT2D eigenvalue weighted by Gasteiger charge is 2.16. The largest absolute Gasteiger partial charge is 0.494 e. The Morgan fingerprint density at radius 3 is 2.40 bits per heavy atom. The predicted octanol–water partition coefficient (Wildman–Crippen LogP) is 5.42. The van der Waals surface area contributed by atoms with E-state index in [0.717, 1.165) is 11.3 Å². The van der Waals surface area contributed by atoms with Crippen LogP contribution in [0.4, 0.5) is 14.5 Å². The summed E-state index contributed by atoms with van der Waals surface area (Å²) in [5.41, 5.74) is 0.902. The van der Waals surface area contributed by atoms with Gasteiger partial charge in [0.15, 0.2) is 5.76 Å². The molecule has 0 aliphatic heterocycles. The van der Waals surface area contributed by atoms with E-state index in [2.05, 4.69) is 10.1 Å². The van der Waals surface area contributed by atoms with Crippen molar-refractivity contribution in [3.05, 3.63) is 71.7 Å². The van der Waals surface area contributed by atoms with Crippen LogP contribution in [0.3, 0.4) is 0 Å². The number of nitrogens with one attached hydrogen (secondary N) is 1. The fraction of sp³-hybridized carbons (Fsp3) is 0.227. The monoisotopic (exact) mass is 417 g/mol. The second-order valence-corrected chi connectivity index (χ2v) is 6.29. The molecule has 1 amide bonds. The second kappa shape index (κ2) is 9.78. The number of carbonyl (C=O) groups is 1. The first kappa shape index (κ1) is 21.2. The van der Waals surface area contributed by atoms with Crippen LogP contribution in [-0.4, -0.2) is 19.1 Å². The van der Waals surface area contributed by atoms with Crippen LogP contribution in [0.1, 0.15) is 28.8 Å². The first-order valence-corrected chi connectivity index (χ1v) is 9.25. The van der Waals surface area contributed by atoms with E-state index in [4.69, 9.17) is 13.9 Å². The summed E-state index contributed by atoms with van der Waals surface area (Å²) >= 11 is 0. The molecule has 0 aliphatic carbocycles.